The number of hydrogen-bond donors (Lipinski definition) is 0. The van der Waals surface area contributed by atoms with E-state index in [4.69, 9.17) is 4.42 Å². The van der Waals surface area contributed by atoms with E-state index >= 15 is 0 Å². The van der Waals surface area contributed by atoms with Crippen LogP contribution in [-0.2, 0) is 23.7 Å². The van der Waals surface area contributed by atoms with Gasteiger partial charge >= 0.3 is 0 Å². The van der Waals surface area contributed by atoms with Gasteiger partial charge in [0, 0.05) is 44.1 Å². The fourth-order valence-corrected chi connectivity index (χ4v) is 11.5. The molecule has 10 aromatic rings. The summed E-state index contributed by atoms with van der Waals surface area (Å²) in [7, 11) is 0. The molecule has 0 unspecified atom stereocenters. The van der Waals surface area contributed by atoms with E-state index in [0.717, 1.165) is 63.0 Å². The lowest BCUT2D eigenvalue weighted by atomic mass is 9.75. The molecule has 0 saturated carbocycles. The SMILES string of the molecule is CC1(C)c2ccccc2-c2ccc(N(c3ccc(-c4ccc5c(c4)C4(Cc6ccccc6C4)c4ccccc4-5)cc3)c3ccccc3-c3cccc4c3oc3ccccc34)cc21. The van der Waals surface area contributed by atoms with Crippen LogP contribution in [0.4, 0.5) is 17.1 Å². The van der Waals surface area contributed by atoms with Gasteiger partial charge in [0.2, 0.25) is 0 Å². The zero-order valence-electron chi connectivity index (χ0n) is 34.8. The van der Waals surface area contributed by atoms with Crippen molar-refractivity contribution in [3.63, 3.8) is 0 Å². The monoisotopic (exact) mass is 793 g/mol. The summed E-state index contributed by atoms with van der Waals surface area (Å²) < 4.78 is 6.66. The third-order valence-corrected chi connectivity index (χ3v) is 14.5. The molecule has 0 atom stereocenters. The minimum Gasteiger partial charge on any atom is -0.455 e. The van der Waals surface area contributed by atoms with E-state index < -0.39 is 0 Å². The van der Waals surface area contributed by atoms with Crippen LogP contribution >= 0.6 is 0 Å². The predicted octanol–water partition coefficient (Wildman–Crippen LogP) is 15.8. The van der Waals surface area contributed by atoms with Crippen LogP contribution in [0.15, 0.2) is 205 Å². The molecule has 9 aromatic carbocycles. The summed E-state index contributed by atoms with van der Waals surface area (Å²) in [6, 6.07) is 74.3. The quantitative estimate of drug-likeness (QED) is 0.173. The number of furan rings is 1. The summed E-state index contributed by atoms with van der Waals surface area (Å²) in [6.45, 7) is 4.72. The van der Waals surface area contributed by atoms with E-state index in [0.29, 0.717) is 0 Å². The van der Waals surface area contributed by atoms with Gasteiger partial charge in [-0.25, -0.2) is 0 Å². The average Bonchev–Trinajstić information content (AvgIpc) is 4.04. The summed E-state index contributed by atoms with van der Waals surface area (Å²) in [4.78, 5) is 2.45. The highest BCUT2D eigenvalue weighted by atomic mass is 16.3. The van der Waals surface area contributed by atoms with Gasteiger partial charge in [-0.3, -0.25) is 0 Å². The fraction of sp³-hybridized carbons (Fsp3) is 0.100. The number of nitrogens with zero attached hydrogens (tertiary/aromatic N) is 1. The van der Waals surface area contributed by atoms with E-state index in [9.17, 15) is 0 Å². The molecule has 0 radical (unpaired) electrons. The molecule has 0 N–H and O–H groups in total. The van der Waals surface area contributed by atoms with Crippen molar-refractivity contribution >= 4 is 39.0 Å². The van der Waals surface area contributed by atoms with Crippen molar-refractivity contribution in [2.45, 2.75) is 37.5 Å². The van der Waals surface area contributed by atoms with Crippen molar-refractivity contribution in [3.8, 4) is 44.5 Å². The van der Waals surface area contributed by atoms with E-state index in [2.05, 4.69) is 213 Å². The molecule has 1 aromatic heterocycles. The van der Waals surface area contributed by atoms with Gasteiger partial charge in [0.1, 0.15) is 11.2 Å². The fourth-order valence-electron chi connectivity index (χ4n) is 11.5. The highest BCUT2D eigenvalue weighted by Crippen LogP contribution is 2.56. The maximum Gasteiger partial charge on any atom is 0.143 e. The largest absolute Gasteiger partial charge is 0.455 e. The van der Waals surface area contributed by atoms with Crippen molar-refractivity contribution in [2.75, 3.05) is 4.90 Å². The first kappa shape index (κ1) is 35.3. The number of fused-ring (bicyclic) bond motifs is 12. The Morgan fingerprint density at radius 1 is 0.403 bits per heavy atom. The Bertz CT molecular complexity index is 3430. The van der Waals surface area contributed by atoms with Crippen LogP contribution in [0.3, 0.4) is 0 Å². The number of hydrogen-bond acceptors (Lipinski definition) is 2. The first-order valence-electron chi connectivity index (χ1n) is 21.9. The minimum atomic E-state index is -0.137. The van der Waals surface area contributed by atoms with Crippen LogP contribution in [0.5, 0.6) is 0 Å². The second-order valence-electron chi connectivity index (χ2n) is 18.1. The van der Waals surface area contributed by atoms with E-state index in [1.807, 2.05) is 6.07 Å². The molecule has 13 rings (SSSR count). The first-order chi connectivity index (χ1) is 30.5. The van der Waals surface area contributed by atoms with Crippen molar-refractivity contribution in [1.29, 1.82) is 0 Å². The molecule has 0 aliphatic heterocycles. The third-order valence-electron chi connectivity index (χ3n) is 14.5. The zero-order chi connectivity index (χ0) is 41.2. The Morgan fingerprint density at radius 3 is 1.77 bits per heavy atom. The topological polar surface area (TPSA) is 16.4 Å². The van der Waals surface area contributed by atoms with Gasteiger partial charge in [0.25, 0.3) is 0 Å². The van der Waals surface area contributed by atoms with Gasteiger partial charge < -0.3 is 9.32 Å². The van der Waals surface area contributed by atoms with Gasteiger partial charge in [0.15, 0.2) is 0 Å². The molecule has 1 heterocycles. The molecule has 0 saturated heterocycles. The van der Waals surface area contributed by atoms with Gasteiger partial charge in [-0.15, -0.1) is 0 Å². The van der Waals surface area contributed by atoms with Crippen LogP contribution in [-0.4, -0.2) is 0 Å². The maximum absolute atomic E-state index is 6.66. The molecule has 294 valence electrons. The lowest BCUT2D eigenvalue weighted by Gasteiger charge is -2.30. The van der Waals surface area contributed by atoms with Gasteiger partial charge in [-0.1, -0.05) is 172 Å². The Morgan fingerprint density at radius 2 is 0.968 bits per heavy atom. The summed E-state index contributed by atoms with van der Waals surface area (Å²) in [6.07, 6.45) is 2.07. The number of anilines is 3. The van der Waals surface area contributed by atoms with Crippen LogP contribution in [0, 0.1) is 0 Å². The molecular weight excluding hydrogens is 751 g/mol. The second kappa shape index (κ2) is 13.0. The summed E-state index contributed by atoms with van der Waals surface area (Å²) in [5, 5.41) is 2.26. The first-order valence-corrected chi connectivity index (χ1v) is 21.9. The van der Waals surface area contributed by atoms with Crippen molar-refractivity contribution in [1.82, 2.24) is 0 Å². The minimum absolute atomic E-state index is 0.0459. The maximum atomic E-state index is 6.66. The molecule has 62 heavy (non-hydrogen) atoms. The molecule has 0 amide bonds. The van der Waals surface area contributed by atoms with Gasteiger partial charge in [0.05, 0.1) is 5.69 Å². The molecule has 0 fully saturated rings. The Labute approximate surface area is 362 Å². The molecule has 3 aliphatic rings. The summed E-state index contributed by atoms with van der Waals surface area (Å²) >= 11 is 0. The molecule has 3 aliphatic carbocycles. The molecule has 0 bridgehead atoms. The van der Waals surface area contributed by atoms with Gasteiger partial charge in [-0.05, 0) is 122 Å². The van der Waals surface area contributed by atoms with Crippen LogP contribution in [0.25, 0.3) is 66.4 Å². The van der Waals surface area contributed by atoms with Crippen molar-refractivity contribution in [3.05, 3.63) is 234 Å². The number of benzene rings is 9. The molecule has 1 spiro atoms. The van der Waals surface area contributed by atoms with E-state index in [1.54, 1.807) is 0 Å². The predicted molar refractivity (Wildman–Crippen MR) is 257 cm³/mol. The highest BCUT2D eigenvalue weighted by Gasteiger charge is 2.47. The normalized spacial score (nSPS) is 14.7. The Kier molecular flexibility index (Phi) is 7.43. The van der Waals surface area contributed by atoms with Gasteiger partial charge in [-0.2, -0.15) is 0 Å². The highest BCUT2D eigenvalue weighted by molar-refractivity contribution is 6.11. The van der Waals surface area contributed by atoms with Crippen LogP contribution in [0.1, 0.15) is 47.2 Å². The molecule has 2 nitrogen and oxygen atoms in total. The lowest BCUT2D eigenvalue weighted by molar-refractivity contribution is 0.564. The Balaban J connectivity index is 0.960. The van der Waals surface area contributed by atoms with Crippen LogP contribution in [0.2, 0.25) is 0 Å². The number of para-hydroxylation sites is 3. The smallest absolute Gasteiger partial charge is 0.143 e. The third kappa shape index (κ3) is 4.98. The standard InChI is InChI=1S/C60H43NO/c1-59(2)52-22-9-5-16-44(52)46-33-31-43(35-54(46)59)61(56-24-11-7-18-48(56)50-20-13-21-51-49-19-8-12-25-57(49)62-58(50)51)42-29-26-38(27-30-42)39-28-32-47-45-17-6-10-23-53(45)60(55(47)34-39)36-40-14-3-4-15-41(40)37-60/h3-35H,36-37H2,1-2H3. The van der Waals surface area contributed by atoms with Crippen molar-refractivity contribution in [2.24, 2.45) is 0 Å². The lowest BCUT2D eigenvalue weighted by Crippen LogP contribution is -2.25. The molecule has 2 heteroatoms. The zero-order valence-corrected chi connectivity index (χ0v) is 34.8. The van der Waals surface area contributed by atoms with Crippen molar-refractivity contribution < 1.29 is 4.42 Å². The average molecular weight is 794 g/mol. The van der Waals surface area contributed by atoms with Crippen LogP contribution < -0.4 is 4.90 Å². The van der Waals surface area contributed by atoms with E-state index in [-0.39, 0.29) is 10.8 Å². The van der Waals surface area contributed by atoms with E-state index in [1.165, 1.54) is 66.8 Å². The Hall–Kier alpha value is -7.42. The molecular formula is C60H43NO. The second-order valence-corrected chi connectivity index (χ2v) is 18.1. The summed E-state index contributed by atoms with van der Waals surface area (Å²) in [5.74, 6) is 0. The summed E-state index contributed by atoms with van der Waals surface area (Å²) in [5.41, 5.74) is 23.6. The number of rotatable bonds is 5.